The van der Waals surface area contributed by atoms with Gasteiger partial charge in [0.1, 0.15) is 5.82 Å². The number of aromatic nitrogens is 2. The van der Waals surface area contributed by atoms with Crippen LogP contribution >= 0.6 is 0 Å². The minimum Gasteiger partial charge on any atom is -0.349 e. The van der Waals surface area contributed by atoms with Crippen molar-refractivity contribution in [3.8, 4) is 0 Å². The van der Waals surface area contributed by atoms with Gasteiger partial charge in [-0.3, -0.25) is 9.59 Å². The van der Waals surface area contributed by atoms with Crippen molar-refractivity contribution in [2.24, 2.45) is 11.8 Å². The van der Waals surface area contributed by atoms with E-state index in [1.807, 2.05) is 24.3 Å². The van der Waals surface area contributed by atoms with Crippen molar-refractivity contribution in [2.45, 2.75) is 26.8 Å². The summed E-state index contributed by atoms with van der Waals surface area (Å²) in [6, 6.07) is 7.75. The second-order valence-electron chi connectivity index (χ2n) is 6.51. The lowest BCUT2D eigenvalue weighted by atomic mass is 10.1. The van der Waals surface area contributed by atoms with E-state index in [4.69, 9.17) is 0 Å². The molecule has 2 N–H and O–H groups in total. The fraction of sp³-hybridized carbons (Fsp3) is 0.471. The third-order valence-corrected chi connectivity index (χ3v) is 4.04. The Morgan fingerprint density at radius 2 is 2.22 bits per heavy atom. The molecule has 0 saturated carbocycles. The van der Waals surface area contributed by atoms with Gasteiger partial charge in [0.15, 0.2) is 0 Å². The number of carbonyl (C=O) groups is 2. The first kappa shape index (κ1) is 15.5. The van der Waals surface area contributed by atoms with E-state index in [2.05, 4.69) is 29.1 Å². The highest BCUT2D eigenvalue weighted by Crippen LogP contribution is 2.19. The normalized spacial score (nSPS) is 18.1. The Labute approximate surface area is 135 Å². The van der Waals surface area contributed by atoms with Crippen LogP contribution in [-0.2, 0) is 16.1 Å². The van der Waals surface area contributed by atoms with Gasteiger partial charge in [-0.25, -0.2) is 4.98 Å². The minimum absolute atomic E-state index is 0.0718. The molecule has 1 aliphatic heterocycles. The number of para-hydroxylation sites is 2. The van der Waals surface area contributed by atoms with Gasteiger partial charge in [0, 0.05) is 19.5 Å². The standard InChI is InChI=1S/C17H22N4O2/c1-11(2)9-21-10-12(7-16(21)22)17(23)18-8-15-19-13-5-3-4-6-14(13)20-15/h3-6,11-12H,7-10H2,1-2H3,(H,18,23)(H,19,20)/t12-/m0/s1. The number of imidazole rings is 1. The molecule has 2 aromatic rings. The van der Waals surface area contributed by atoms with Gasteiger partial charge in [-0.2, -0.15) is 0 Å². The molecule has 6 heteroatoms. The molecule has 0 unspecified atom stereocenters. The quantitative estimate of drug-likeness (QED) is 0.881. The van der Waals surface area contributed by atoms with E-state index < -0.39 is 0 Å². The largest absolute Gasteiger partial charge is 0.349 e. The second-order valence-corrected chi connectivity index (χ2v) is 6.51. The van der Waals surface area contributed by atoms with Crippen LogP contribution in [0.1, 0.15) is 26.1 Å². The number of H-pyrrole nitrogens is 1. The van der Waals surface area contributed by atoms with Gasteiger partial charge in [0.25, 0.3) is 0 Å². The third kappa shape index (κ3) is 3.52. The van der Waals surface area contributed by atoms with Crippen molar-refractivity contribution in [1.29, 1.82) is 0 Å². The molecule has 0 bridgehead atoms. The fourth-order valence-corrected chi connectivity index (χ4v) is 2.97. The van der Waals surface area contributed by atoms with E-state index in [1.165, 1.54) is 0 Å². The number of carbonyl (C=O) groups excluding carboxylic acids is 2. The second kappa shape index (κ2) is 6.40. The van der Waals surface area contributed by atoms with Crippen molar-refractivity contribution in [2.75, 3.05) is 13.1 Å². The average Bonchev–Trinajstić information content (AvgIpc) is 3.08. The molecule has 3 rings (SSSR count). The van der Waals surface area contributed by atoms with Crippen LogP contribution in [0.4, 0.5) is 0 Å². The topological polar surface area (TPSA) is 78.1 Å². The summed E-state index contributed by atoms with van der Waals surface area (Å²) in [7, 11) is 0. The maximum Gasteiger partial charge on any atom is 0.225 e. The number of likely N-dealkylation sites (tertiary alicyclic amines) is 1. The zero-order valence-corrected chi connectivity index (χ0v) is 13.5. The molecule has 1 fully saturated rings. The molecule has 0 radical (unpaired) electrons. The molecule has 1 aliphatic rings. The number of fused-ring (bicyclic) bond motifs is 1. The van der Waals surface area contributed by atoms with Crippen molar-refractivity contribution < 1.29 is 9.59 Å². The molecule has 1 aromatic heterocycles. The van der Waals surface area contributed by atoms with E-state index >= 15 is 0 Å². The van der Waals surface area contributed by atoms with Crippen LogP contribution in [0, 0.1) is 11.8 Å². The molecule has 0 spiro atoms. The first-order valence-corrected chi connectivity index (χ1v) is 8.02. The van der Waals surface area contributed by atoms with Crippen LogP contribution in [-0.4, -0.2) is 39.8 Å². The molecule has 0 aliphatic carbocycles. The van der Waals surface area contributed by atoms with Crippen molar-refractivity contribution in [3.05, 3.63) is 30.1 Å². The Kier molecular flexibility index (Phi) is 4.32. The number of benzene rings is 1. The Morgan fingerprint density at radius 1 is 1.43 bits per heavy atom. The van der Waals surface area contributed by atoms with Gasteiger partial charge >= 0.3 is 0 Å². The van der Waals surface area contributed by atoms with Crippen LogP contribution < -0.4 is 5.32 Å². The van der Waals surface area contributed by atoms with Crippen molar-refractivity contribution in [3.63, 3.8) is 0 Å². The Bertz CT molecular complexity index is 689. The lowest BCUT2D eigenvalue weighted by molar-refractivity contribution is -0.129. The zero-order valence-electron chi connectivity index (χ0n) is 13.5. The maximum absolute atomic E-state index is 12.3. The van der Waals surface area contributed by atoms with Crippen LogP contribution in [0.15, 0.2) is 24.3 Å². The van der Waals surface area contributed by atoms with E-state index in [9.17, 15) is 9.59 Å². The molecule has 23 heavy (non-hydrogen) atoms. The van der Waals surface area contributed by atoms with Crippen LogP contribution in [0.3, 0.4) is 0 Å². The molecule has 1 atom stereocenters. The number of nitrogens with one attached hydrogen (secondary N) is 2. The summed E-state index contributed by atoms with van der Waals surface area (Å²) < 4.78 is 0. The highest BCUT2D eigenvalue weighted by atomic mass is 16.2. The van der Waals surface area contributed by atoms with Gasteiger partial charge < -0.3 is 15.2 Å². The molecular formula is C17H22N4O2. The number of amides is 2. The summed E-state index contributed by atoms with van der Waals surface area (Å²) in [4.78, 5) is 33.6. The lowest BCUT2D eigenvalue weighted by Crippen LogP contribution is -2.34. The molecule has 6 nitrogen and oxygen atoms in total. The monoisotopic (exact) mass is 314 g/mol. The van der Waals surface area contributed by atoms with Gasteiger partial charge in [-0.15, -0.1) is 0 Å². The molecule has 1 saturated heterocycles. The zero-order chi connectivity index (χ0) is 16.4. The van der Waals surface area contributed by atoms with E-state index in [0.29, 0.717) is 32.0 Å². The van der Waals surface area contributed by atoms with E-state index in [0.717, 1.165) is 16.9 Å². The summed E-state index contributed by atoms with van der Waals surface area (Å²) >= 11 is 0. The summed E-state index contributed by atoms with van der Waals surface area (Å²) in [6.07, 6.45) is 0.304. The maximum atomic E-state index is 12.3. The third-order valence-electron chi connectivity index (χ3n) is 4.04. The summed E-state index contributed by atoms with van der Waals surface area (Å²) in [5.41, 5.74) is 1.84. The van der Waals surface area contributed by atoms with Crippen LogP contribution in [0.25, 0.3) is 11.0 Å². The number of nitrogens with zero attached hydrogens (tertiary/aromatic N) is 2. The predicted octanol–water partition coefficient (Wildman–Crippen LogP) is 1.68. The molecular weight excluding hydrogens is 292 g/mol. The SMILES string of the molecule is CC(C)CN1C[C@@H](C(=O)NCc2nc3ccccc3[nH]2)CC1=O. The summed E-state index contributed by atoms with van der Waals surface area (Å²) in [5.74, 6) is 0.873. The van der Waals surface area contributed by atoms with E-state index in [1.54, 1.807) is 4.90 Å². The highest BCUT2D eigenvalue weighted by molar-refractivity contribution is 5.89. The van der Waals surface area contributed by atoms with Crippen molar-refractivity contribution >= 4 is 22.8 Å². The first-order chi connectivity index (χ1) is 11.0. The molecule has 122 valence electrons. The summed E-state index contributed by atoms with van der Waals surface area (Å²) in [6.45, 7) is 5.72. The Hall–Kier alpha value is -2.37. The fourth-order valence-electron chi connectivity index (χ4n) is 2.97. The van der Waals surface area contributed by atoms with Gasteiger partial charge in [0.2, 0.25) is 11.8 Å². The number of hydrogen-bond acceptors (Lipinski definition) is 3. The van der Waals surface area contributed by atoms with Crippen LogP contribution in [0.2, 0.25) is 0 Å². The smallest absolute Gasteiger partial charge is 0.225 e. The number of hydrogen-bond donors (Lipinski definition) is 2. The van der Waals surface area contributed by atoms with Crippen molar-refractivity contribution in [1.82, 2.24) is 20.2 Å². The molecule has 2 heterocycles. The Balaban J connectivity index is 1.56. The number of rotatable bonds is 5. The highest BCUT2D eigenvalue weighted by Gasteiger charge is 2.34. The summed E-state index contributed by atoms with van der Waals surface area (Å²) in [5, 5.41) is 2.88. The van der Waals surface area contributed by atoms with Crippen LogP contribution in [0.5, 0.6) is 0 Å². The molecule has 2 amide bonds. The Morgan fingerprint density at radius 3 is 2.96 bits per heavy atom. The lowest BCUT2D eigenvalue weighted by Gasteiger charge is -2.18. The minimum atomic E-state index is -0.259. The first-order valence-electron chi connectivity index (χ1n) is 8.02. The molecule has 1 aromatic carbocycles. The predicted molar refractivity (Wildman–Crippen MR) is 87.5 cm³/mol. The van der Waals surface area contributed by atoms with Gasteiger partial charge in [0.05, 0.1) is 23.5 Å². The number of aromatic amines is 1. The average molecular weight is 314 g/mol. The van der Waals surface area contributed by atoms with Gasteiger partial charge in [-0.05, 0) is 18.1 Å². The van der Waals surface area contributed by atoms with Gasteiger partial charge in [-0.1, -0.05) is 26.0 Å². The van der Waals surface area contributed by atoms with E-state index in [-0.39, 0.29) is 17.7 Å².